The summed E-state index contributed by atoms with van der Waals surface area (Å²) in [6, 6.07) is 26.3. The van der Waals surface area contributed by atoms with Gasteiger partial charge in [-0.2, -0.15) is 10.2 Å². The summed E-state index contributed by atoms with van der Waals surface area (Å²) < 4.78 is 0. The highest BCUT2D eigenvalue weighted by Gasteiger charge is 2.16. The monoisotopic (exact) mass is 367 g/mol. The number of nitro groups is 1. The first-order valence-electron chi connectivity index (χ1n) is 8.91. The molecule has 5 heteroatoms. The molecule has 28 heavy (non-hydrogen) atoms. The van der Waals surface area contributed by atoms with Crippen LogP contribution in [0.2, 0.25) is 0 Å². The maximum Gasteiger partial charge on any atom is 0.270 e. The second-order valence-electron chi connectivity index (χ2n) is 6.42. The van der Waals surface area contributed by atoms with E-state index in [1.807, 2.05) is 72.8 Å². The van der Waals surface area contributed by atoms with Crippen LogP contribution in [0.4, 0.5) is 5.69 Å². The van der Waals surface area contributed by atoms with Crippen LogP contribution in [0.1, 0.15) is 23.1 Å². The average molecular weight is 367 g/mol. The van der Waals surface area contributed by atoms with Gasteiger partial charge in [0.15, 0.2) is 0 Å². The van der Waals surface area contributed by atoms with E-state index in [-0.39, 0.29) is 10.6 Å². The van der Waals surface area contributed by atoms with Crippen LogP contribution in [-0.4, -0.2) is 16.3 Å². The molecular weight excluding hydrogens is 350 g/mol. The van der Waals surface area contributed by atoms with E-state index in [1.54, 1.807) is 12.1 Å². The molecule has 0 fully saturated rings. The van der Waals surface area contributed by atoms with Crippen LogP contribution in [0.3, 0.4) is 0 Å². The Kier molecular flexibility index (Phi) is 4.89. The number of hydrogen-bond donors (Lipinski definition) is 0. The third kappa shape index (κ3) is 3.78. The fourth-order valence-corrected chi connectivity index (χ4v) is 3.12. The van der Waals surface area contributed by atoms with Gasteiger partial charge in [0.05, 0.1) is 16.3 Å². The molecule has 4 rings (SSSR count). The van der Waals surface area contributed by atoms with Crippen molar-refractivity contribution in [2.45, 2.75) is 6.42 Å². The quantitative estimate of drug-likeness (QED) is 0.465. The Bertz CT molecular complexity index is 1100. The van der Waals surface area contributed by atoms with Gasteiger partial charge < -0.3 is 0 Å². The summed E-state index contributed by atoms with van der Waals surface area (Å²) in [5.74, 6) is 0. The highest BCUT2D eigenvalue weighted by atomic mass is 16.6. The molecule has 0 N–H and O–H groups in total. The second-order valence-corrected chi connectivity index (χ2v) is 6.42. The molecule has 5 nitrogen and oxygen atoms in total. The zero-order chi connectivity index (χ0) is 19.3. The van der Waals surface area contributed by atoms with Crippen molar-refractivity contribution < 1.29 is 4.92 Å². The van der Waals surface area contributed by atoms with Crippen molar-refractivity contribution in [2.75, 3.05) is 0 Å². The number of rotatable bonds is 4. The molecule has 0 saturated heterocycles. The van der Waals surface area contributed by atoms with Crippen molar-refractivity contribution in [3.05, 3.63) is 118 Å². The van der Waals surface area contributed by atoms with Gasteiger partial charge in [-0.05, 0) is 22.8 Å². The largest absolute Gasteiger partial charge is 0.270 e. The van der Waals surface area contributed by atoms with E-state index in [1.165, 1.54) is 6.07 Å². The van der Waals surface area contributed by atoms with Gasteiger partial charge in [-0.25, -0.2) is 0 Å². The molecule has 0 atom stereocenters. The molecule has 0 bridgehead atoms. The van der Waals surface area contributed by atoms with Crippen LogP contribution in [0.15, 0.2) is 101 Å². The van der Waals surface area contributed by atoms with Gasteiger partial charge in [0.25, 0.3) is 5.69 Å². The molecule has 0 saturated carbocycles. The first kappa shape index (κ1) is 17.5. The summed E-state index contributed by atoms with van der Waals surface area (Å²) in [5, 5.41) is 20.2. The molecule has 136 valence electrons. The SMILES string of the molecule is O=[N+]([O-])c1cccc(C2=CC(c3ccccc3)=NN=C(c3ccccc3)C2)c1. The summed E-state index contributed by atoms with van der Waals surface area (Å²) in [6.45, 7) is 0. The van der Waals surface area contributed by atoms with Gasteiger partial charge in [0.2, 0.25) is 0 Å². The summed E-state index contributed by atoms with van der Waals surface area (Å²) in [4.78, 5) is 10.8. The lowest BCUT2D eigenvalue weighted by molar-refractivity contribution is -0.384. The molecular formula is C23H17N3O2. The minimum Gasteiger partial charge on any atom is -0.258 e. The van der Waals surface area contributed by atoms with Crippen molar-refractivity contribution >= 4 is 22.7 Å². The minimum atomic E-state index is -0.376. The van der Waals surface area contributed by atoms with Crippen molar-refractivity contribution in [2.24, 2.45) is 10.2 Å². The standard InChI is InChI=1S/C23H17N3O2/c27-26(28)21-13-7-12-19(14-21)20-15-22(17-8-3-1-4-9-17)24-25-23(16-20)18-10-5-2-6-11-18/h1-15H,16H2. The van der Waals surface area contributed by atoms with E-state index in [2.05, 4.69) is 10.2 Å². The number of nitrogens with zero attached hydrogens (tertiary/aromatic N) is 3. The van der Waals surface area contributed by atoms with Crippen LogP contribution in [0.5, 0.6) is 0 Å². The van der Waals surface area contributed by atoms with E-state index < -0.39 is 0 Å². The number of allylic oxidation sites excluding steroid dienone is 2. The first-order chi connectivity index (χ1) is 13.7. The molecule has 0 aromatic heterocycles. The van der Waals surface area contributed by atoms with Gasteiger partial charge >= 0.3 is 0 Å². The average Bonchev–Trinajstić information content (AvgIpc) is 2.99. The summed E-state index contributed by atoms with van der Waals surface area (Å²) in [5.41, 5.74) is 5.28. The van der Waals surface area contributed by atoms with E-state index in [0.29, 0.717) is 6.42 Å². The van der Waals surface area contributed by atoms with Crippen LogP contribution >= 0.6 is 0 Å². The predicted molar refractivity (Wildman–Crippen MR) is 112 cm³/mol. The Labute approximate surface area is 162 Å². The Morgan fingerprint density at radius 1 is 0.750 bits per heavy atom. The molecule has 1 heterocycles. The molecule has 0 spiro atoms. The van der Waals surface area contributed by atoms with E-state index in [4.69, 9.17) is 0 Å². The highest BCUT2D eigenvalue weighted by molar-refractivity contribution is 6.17. The fraction of sp³-hybridized carbons (Fsp3) is 0.0435. The molecule has 0 unspecified atom stereocenters. The lowest BCUT2D eigenvalue weighted by Crippen LogP contribution is -2.02. The Balaban J connectivity index is 1.83. The van der Waals surface area contributed by atoms with Gasteiger partial charge in [0.1, 0.15) is 0 Å². The van der Waals surface area contributed by atoms with Crippen molar-refractivity contribution in [1.29, 1.82) is 0 Å². The molecule has 3 aromatic carbocycles. The maximum absolute atomic E-state index is 11.2. The Hall–Kier alpha value is -3.86. The predicted octanol–water partition coefficient (Wildman–Crippen LogP) is 5.28. The summed E-state index contributed by atoms with van der Waals surface area (Å²) in [7, 11) is 0. The van der Waals surface area contributed by atoms with Gasteiger partial charge in [-0.15, -0.1) is 0 Å². The number of non-ortho nitro benzene ring substituents is 1. The lowest BCUT2D eigenvalue weighted by atomic mass is 9.94. The summed E-state index contributed by atoms with van der Waals surface area (Å²) >= 11 is 0. The molecule has 3 aromatic rings. The maximum atomic E-state index is 11.2. The van der Waals surface area contributed by atoms with Gasteiger partial charge in [0, 0.05) is 24.1 Å². The minimum absolute atomic E-state index is 0.0686. The zero-order valence-electron chi connectivity index (χ0n) is 15.0. The van der Waals surface area contributed by atoms with Crippen molar-refractivity contribution in [1.82, 2.24) is 0 Å². The van der Waals surface area contributed by atoms with Crippen LogP contribution in [0.25, 0.3) is 5.57 Å². The third-order valence-corrected chi connectivity index (χ3v) is 4.55. The molecule has 0 aliphatic carbocycles. The van der Waals surface area contributed by atoms with Crippen LogP contribution in [0, 0.1) is 10.1 Å². The first-order valence-corrected chi connectivity index (χ1v) is 8.91. The topological polar surface area (TPSA) is 67.9 Å². The van der Waals surface area contributed by atoms with Crippen LogP contribution in [-0.2, 0) is 0 Å². The second kappa shape index (κ2) is 7.80. The Morgan fingerprint density at radius 3 is 2.07 bits per heavy atom. The molecule has 1 aliphatic rings. The Morgan fingerprint density at radius 2 is 1.39 bits per heavy atom. The van der Waals surface area contributed by atoms with Crippen LogP contribution < -0.4 is 0 Å². The van der Waals surface area contributed by atoms with Gasteiger partial charge in [-0.3, -0.25) is 10.1 Å². The molecule has 0 radical (unpaired) electrons. The van der Waals surface area contributed by atoms with E-state index >= 15 is 0 Å². The van der Waals surface area contributed by atoms with Crippen molar-refractivity contribution in [3.63, 3.8) is 0 Å². The zero-order valence-corrected chi connectivity index (χ0v) is 15.0. The summed E-state index contributed by atoms with van der Waals surface area (Å²) in [6.07, 6.45) is 2.50. The molecule has 1 aliphatic heterocycles. The molecule has 0 amide bonds. The number of hydrogen-bond acceptors (Lipinski definition) is 4. The normalized spacial score (nSPS) is 13.8. The van der Waals surface area contributed by atoms with E-state index in [9.17, 15) is 10.1 Å². The van der Waals surface area contributed by atoms with Crippen molar-refractivity contribution in [3.8, 4) is 0 Å². The smallest absolute Gasteiger partial charge is 0.258 e. The third-order valence-electron chi connectivity index (χ3n) is 4.55. The van der Waals surface area contributed by atoms with E-state index in [0.717, 1.165) is 33.7 Å². The highest BCUT2D eigenvalue weighted by Crippen LogP contribution is 2.27. The fourth-order valence-electron chi connectivity index (χ4n) is 3.12. The number of nitro benzene ring substituents is 1. The lowest BCUT2D eigenvalue weighted by Gasteiger charge is -2.09. The van der Waals surface area contributed by atoms with Gasteiger partial charge in [-0.1, -0.05) is 72.8 Å². The number of benzene rings is 3.